The maximum Gasteiger partial charge on any atom is 0.326 e. The Morgan fingerprint density at radius 1 is 1.10 bits per heavy atom. The highest BCUT2D eigenvalue weighted by atomic mass is 32.1. The van der Waals surface area contributed by atoms with Crippen molar-refractivity contribution in [2.45, 2.75) is 18.5 Å². The van der Waals surface area contributed by atoms with Gasteiger partial charge in [0.1, 0.15) is 12.1 Å². The molecule has 29 heavy (non-hydrogen) atoms. The van der Waals surface area contributed by atoms with Gasteiger partial charge in [-0.3, -0.25) is 14.4 Å². The average molecular weight is 421 g/mol. The van der Waals surface area contributed by atoms with Crippen LogP contribution in [0.15, 0.2) is 30.5 Å². The van der Waals surface area contributed by atoms with Crippen LogP contribution in [0.5, 0.6) is 0 Å². The van der Waals surface area contributed by atoms with E-state index in [0.717, 1.165) is 16.5 Å². The number of amides is 3. The smallest absolute Gasteiger partial charge is 0.326 e. The van der Waals surface area contributed by atoms with E-state index >= 15 is 0 Å². The van der Waals surface area contributed by atoms with Gasteiger partial charge in [-0.25, -0.2) is 4.79 Å². The third-order valence-corrected chi connectivity index (χ3v) is 4.54. The zero-order valence-corrected chi connectivity index (χ0v) is 16.4. The van der Waals surface area contributed by atoms with Gasteiger partial charge in [0.2, 0.25) is 17.7 Å². The molecule has 0 radical (unpaired) electrons. The number of carbonyl (C=O) groups excluding carboxylic acids is 3. The largest absolute Gasteiger partial charge is 0.480 e. The summed E-state index contributed by atoms with van der Waals surface area (Å²) in [6.45, 7) is -0.622. The number of benzene rings is 1. The Kier molecular flexibility index (Phi) is 8.04. The molecule has 1 aromatic carbocycles. The van der Waals surface area contributed by atoms with Crippen LogP contribution in [0.3, 0.4) is 0 Å². The van der Waals surface area contributed by atoms with Crippen molar-refractivity contribution in [2.75, 3.05) is 18.8 Å². The number of para-hydroxylation sites is 1. The molecule has 0 fully saturated rings. The molecular formula is C18H23N5O5S. The number of aromatic nitrogens is 1. The molecule has 0 aliphatic carbocycles. The number of nitrogens with one attached hydrogen (secondary N) is 4. The molecule has 0 saturated carbocycles. The monoisotopic (exact) mass is 421 g/mol. The van der Waals surface area contributed by atoms with Crippen molar-refractivity contribution in [3.63, 3.8) is 0 Å². The summed E-state index contributed by atoms with van der Waals surface area (Å²) < 4.78 is 0. The summed E-state index contributed by atoms with van der Waals surface area (Å²) in [6, 6.07) is 5.15. The van der Waals surface area contributed by atoms with Gasteiger partial charge >= 0.3 is 5.97 Å². The normalized spacial score (nSPS) is 12.8. The lowest BCUT2D eigenvalue weighted by Crippen LogP contribution is -2.54. The van der Waals surface area contributed by atoms with Crippen molar-refractivity contribution in [1.29, 1.82) is 0 Å². The van der Waals surface area contributed by atoms with Crippen molar-refractivity contribution in [3.05, 3.63) is 36.0 Å². The lowest BCUT2D eigenvalue weighted by Gasteiger charge is -2.20. The van der Waals surface area contributed by atoms with Crippen LogP contribution < -0.4 is 21.7 Å². The SMILES string of the molecule is NCC(=O)NCC(=O)NC(CS)C(=O)NC(Cc1c[nH]c2ccccc12)C(=O)O. The Hall–Kier alpha value is -3.05. The lowest BCUT2D eigenvalue weighted by atomic mass is 10.0. The molecule has 1 heterocycles. The zero-order valence-electron chi connectivity index (χ0n) is 15.5. The van der Waals surface area contributed by atoms with E-state index in [9.17, 15) is 24.3 Å². The quantitative estimate of drug-likeness (QED) is 0.237. The maximum absolute atomic E-state index is 12.5. The number of thiol groups is 1. The molecular weight excluding hydrogens is 398 g/mol. The minimum absolute atomic E-state index is 0.0537. The Morgan fingerprint density at radius 2 is 1.83 bits per heavy atom. The van der Waals surface area contributed by atoms with E-state index in [2.05, 4.69) is 33.6 Å². The fourth-order valence-corrected chi connectivity index (χ4v) is 2.94. The van der Waals surface area contributed by atoms with Crippen molar-refractivity contribution in [2.24, 2.45) is 5.73 Å². The van der Waals surface area contributed by atoms with Crippen LogP contribution in [0.2, 0.25) is 0 Å². The zero-order chi connectivity index (χ0) is 21.4. The Bertz CT molecular complexity index is 900. The number of rotatable bonds is 10. The van der Waals surface area contributed by atoms with E-state index in [1.807, 2.05) is 24.3 Å². The van der Waals surface area contributed by atoms with E-state index in [1.165, 1.54) is 0 Å². The standard InChI is InChI=1S/C18H23N5O5S/c19-6-15(24)21-8-16(25)22-14(9-29)17(26)23-13(18(27)28)5-10-7-20-12-4-2-1-3-11(10)12/h1-4,7,13-14,20,29H,5-6,8-9,19H2,(H,21,24)(H,22,25)(H,23,26)(H,27,28). The second kappa shape index (κ2) is 10.5. The molecule has 1 aromatic heterocycles. The van der Waals surface area contributed by atoms with Gasteiger partial charge in [0, 0.05) is 29.3 Å². The van der Waals surface area contributed by atoms with E-state index < -0.39 is 35.8 Å². The molecule has 2 aromatic rings. The van der Waals surface area contributed by atoms with Gasteiger partial charge in [0.25, 0.3) is 0 Å². The summed E-state index contributed by atoms with van der Waals surface area (Å²) in [5.41, 5.74) is 6.73. The number of carboxylic acids is 1. The van der Waals surface area contributed by atoms with Crippen LogP contribution in [0.4, 0.5) is 0 Å². The number of hydrogen-bond donors (Lipinski definition) is 7. The molecule has 0 saturated heterocycles. The van der Waals surface area contributed by atoms with Gasteiger partial charge in [-0.05, 0) is 11.6 Å². The minimum Gasteiger partial charge on any atom is -0.480 e. The van der Waals surface area contributed by atoms with Crippen LogP contribution in [0.1, 0.15) is 5.56 Å². The molecule has 7 N–H and O–H groups in total. The second-order valence-electron chi connectivity index (χ2n) is 6.25. The summed E-state index contributed by atoms with van der Waals surface area (Å²) in [6.07, 6.45) is 1.76. The van der Waals surface area contributed by atoms with E-state index in [4.69, 9.17) is 5.73 Å². The highest BCUT2D eigenvalue weighted by Gasteiger charge is 2.26. The van der Waals surface area contributed by atoms with E-state index in [0.29, 0.717) is 0 Å². The molecule has 0 bridgehead atoms. The molecule has 156 valence electrons. The van der Waals surface area contributed by atoms with Crippen LogP contribution >= 0.6 is 12.6 Å². The van der Waals surface area contributed by atoms with Crippen molar-refractivity contribution in [1.82, 2.24) is 20.9 Å². The third-order valence-electron chi connectivity index (χ3n) is 4.18. The maximum atomic E-state index is 12.5. The van der Waals surface area contributed by atoms with Gasteiger partial charge in [-0.1, -0.05) is 18.2 Å². The van der Waals surface area contributed by atoms with Crippen LogP contribution in [0, 0.1) is 0 Å². The number of nitrogens with two attached hydrogens (primary N) is 1. The number of carbonyl (C=O) groups is 4. The number of hydrogen-bond acceptors (Lipinski definition) is 6. The first kappa shape index (κ1) is 22.2. The lowest BCUT2D eigenvalue weighted by molar-refractivity contribution is -0.142. The Labute approximate surface area is 172 Å². The first-order chi connectivity index (χ1) is 13.8. The molecule has 11 heteroatoms. The summed E-state index contributed by atoms with van der Waals surface area (Å²) >= 11 is 4.03. The molecule has 2 unspecified atom stereocenters. The fraction of sp³-hybridized carbons (Fsp3) is 0.333. The molecule has 0 spiro atoms. The third kappa shape index (κ3) is 6.22. The molecule has 0 aliphatic rings. The average Bonchev–Trinajstić information content (AvgIpc) is 3.12. The predicted octanol–water partition coefficient (Wildman–Crippen LogP) is -1.23. The van der Waals surface area contributed by atoms with Gasteiger partial charge < -0.3 is 31.8 Å². The van der Waals surface area contributed by atoms with Crippen LogP contribution in [-0.4, -0.2) is 64.7 Å². The number of fused-ring (bicyclic) bond motifs is 1. The molecule has 10 nitrogen and oxygen atoms in total. The number of carboxylic acid groups (broad SMARTS) is 1. The topological polar surface area (TPSA) is 166 Å². The molecule has 3 amide bonds. The number of aromatic amines is 1. The predicted molar refractivity (Wildman–Crippen MR) is 109 cm³/mol. The van der Waals surface area contributed by atoms with Gasteiger partial charge in [0.15, 0.2) is 0 Å². The number of aliphatic carboxylic acids is 1. The molecule has 2 atom stereocenters. The van der Waals surface area contributed by atoms with Crippen molar-refractivity contribution in [3.8, 4) is 0 Å². The fourth-order valence-electron chi connectivity index (χ4n) is 2.68. The molecule has 0 aliphatic heterocycles. The summed E-state index contributed by atoms with van der Waals surface area (Å²) in [4.78, 5) is 50.1. The summed E-state index contributed by atoms with van der Waals surface area (Å²) in [7, 11) is 0. The van der Waals surface area contributed by atoms with E-state index in [1.54, 1.807) is 6.20 Å². The first-order valence-electron chi connectivity index (χ1n) is 8.80. The summed E-state index contributed by atoms with van der Waals surface area (Å²) in [5, 5.41) is 17.5. The van der Waals surface area contributed by atoms with Crippen molar-refractivity contribution >= 4 is 47.2 Å². The van der Waals surface area contributed by atoms with Crippen molar-refractivity contribution < 1.29 is 24.3 Å². The molecule has 2 rings (SSSR count). The first-order valence-corrected chi connectivity index (χ1v) is 9.44. The Morgan fingerprint density at radius 3 is 2.48 bits per heavy atom. The Balaban J connectivity index is 2.00. The number of H-pyrrole nitrogens is 1. The van der Waals surface area contributed by atoms with E-state index in [-0.39, 0.29) is 25.3 Å². The second-order valence-corrected chi connectivity index (χ2v) is 6.61. The van der Waals surface area contributed by atoms with Gasteiger partial charge in [0.05, 0.1) is 13.1 Å². The highest BCUT2D eigenvalue weighted by molar-refractivity contribution is 7.80. The van der Waals surface area contributed by atoms with Crippen LogP contribution in [-0.2, 0) is 25.6 Å². The van der Waals surface area contributed by atoms with Crippen LogP contribution in [0.25, 0.3) is 10.9 Å². The minimum atomic E-state index is -1.21. The highest BCUT2D eigenvalue weighted by Crippen LogP contribution is 2.19. The van der Waals surface area contributed by atoms with Gasteiger partial charge in [-0.2, -0.15) is 12.6 Å². The van der Waals surface area contributed by atoms with Gasteiger partial charge in [-0.15, -0.1) is 0 Å². The summed E-state index contributed by atoms with van der Waals surface area (Å²) in [5.74, 6) is -3.09.